The summed E-state index contributed by atoms with van der Waals surface area (Å²) in [7, 11) is 0. The van der Waals surface area contributed by atoms with Gasteiger partial charge >= 0.3 is 0 Å². The van der Waals surface area contributed by atoms with Crippen molar-refractivity contribution in [1.29, 1.82) is 0 Å². The van der Waals surface area contributed by atoms with Crippen LogP contribution in [-0.2, 0) is 4.84 Å². The van der Waals surface area contributed by atoms with Gasteiger partial charge < -0.3 is 9.94 Å². The van der Waals surface area contributed by atoms with Gasteiger partial charge in [0.1, 0.15) is 6.10 Å². The lowest BCUT2D eigenvalue weighted by atomic mass is 10.5. The third-order valence-electron chi connectivity index (χ3n) is 0.523. The quantitative estimate of drug-likeness (QED) is 0.406. The molecule has 0 radical (unpaired) electrons. The molecule has 0 aliphatic carbocycles. The van der Waals surface area contributed by atoms with Crippen LogP contribution < -0.4 is 0 Å². The number of hydrogen-bond acceptors (Lipinski definition) is 4. The monoisotopic (exact) mass is 121 g/mol. The first-order valence-electron chi connectivity index (χ1n) is 2.09. The van der Waals surface area contributed by atoms with Crippen LogP contribution in [0.2, 0.25) is 0 Å². The maximum absolute atomic E-state index is 9.44. The van der Waals surface area contributed by atoms with Crippen LogP contribution in [0.3, 0.4) is 0 Å². The Bertz CT molecular complexity index is 83.4. The molecule has 0 saturated heterocycles. The highest BCUT2D eigenvalue weighted by Crippen LogP contribution is 1.86. The van der Waals surface area contributed by atoms with Gasteiger partial charge in [-0.2, -0.15) is 0 Å². The lowest BCUT2D eigenvalue weighted by Crippen LogP contribution is -2.16. The van der Waals surface area contributed by atoms with Gasteiger partial charge in [-0.3, -0.25) is 0 Å². The van der Waals surface area contributed by atoms with Crippen LogP contribution in [0, 0.1) is 10.1 Å². The van der Waals surface area contributed by atoms with Crippen LogP contribution in [0.1, 0.15) is 6.92 Å². The highest BCUT2D eigenvalue weighted by Gasteiger charge is 2.02. The molecule has 1 atom stereocenters. The van der Waals surface area contributed by atoms with E-state index in [2.05, 4.69) is 4.84 Å². The second-order valence-corrected chi connectivity index (χ2v) is 1.32. The van der Waals surface area contributed by atoms with Gasteiger partial charge in [0, 0.05) is 0 Å². The van der Waals surface area contributed by atoms with E-state index in [-0.39, 0.29) is 6.61 Å². The molecule has 0 aromatic carbocycles. The predicted octanol–water partition coefficient (Wildman–Crippen LogP) is -0.425. The average Bonchev–Trinajstić information content (AvgIpc) is 1.65. The van der Waals surface area contributed by atoms with Gasteiger partial charge in [-0.25, -0.2) is 0 Å². The number of hydrogen-bond donors (Lipinski definition) is 1. The molecule has 5 nitrogen and oxygen atoms in total. The van der Waals surface area contributed by atoms with E-state index in [1.165, 1.54) is 6.92 Å². The first-order valence-corrected chi connectivity index (χ1v) is 2.09. The normalized spacial score (nSPS) is 12.8. The predicted molar refractivity (Wildman–Crippen MR) is 24.6 cm³/mol. The fourth-order valence-electron chi connectivity index (χ4n) is 0.180. The third-order valence-corrected chi connectivity index (χ3v) is 0.523. The van der Waals surface area contributed by atoms with Crippen LogP contribution in [-0.4, -0.2) is 22.9 Å². The fourth-order valence-corrected chi connectivity index (χ4v) is 0.180. The smallest absolute Gasteiger partial charge is 0.294 e. The zero-order valence-electron chi connectivity index (χ0n) is 4.40. The van der Waals surface area contributed by atoms with Gasteiger partial charge in [-0.05, 0) is 6.92 Å². The zero-order chi connectivity index (χ0) is 6.57. The van der Waals surface area contributed by atoms with Gasteiger partial charge in [0.15, 0.2) is 0 Å². The molecular formula is C3H7NO4. The highest BCUT2D eigenvalue weighted by molar-refractivity contribution is 4.37. The number of aliphatic hydroxyl groups is 1. The Morgan fingerprint density at radius 2 is 2.50 bits per heavy atom. The summed E-state index contributed by atoms with van der Waals surface area (Å²) in [6.45, 7) is 1.07. The van der Waals surface area contributed by atoms with E-state index < -0.39 is 11.2 Å². The molecule has 48 valence electrons. The van der Waals surface area contributed by atoms with Gasteiger partial charge in [0.25, 0.3) is 5.09 Å². The third kappa shape index (κ3) is 3.35. The summed E-state index contributed by atoms with van der Waals surface area (Å²) in [5, 5.41) is 16.7. The van der Waals surface area contributed by atoms with Gasteiger partial charge in [0.2, 0.25) is 0 Å². The minimum absolute atomic E-state index is 0.332. The van der Waals surface area contributed by atoms with Crippen molar-refractivity contribution < 1.29 is 15.0 Å². The van der Waals surface area contributed by atoms with Crippen molar-refractivity contribution in [3.8, 4) is 0 Å². The first kappa shape index (κ1) is 7.16. The molecule has 0 saturated carbocycles. The van der Waals surface area contributed by atoms with E-state index in [9.17, 15) is 10.1 Å². The fraction of sp³-hybridized carbons (Fsp3) is 1.00. The standard InChI is InChI=1S/C3H7NO4/c1-3(2-5)8-4(6)7/h3,5H,2H2,1H3/t3-/m0/s1. The minimum atomic E-state index is -0.930. The molecule has 0 aliphatic rings. The lowest BCUT2D eigenvalue weighted by Gasteiger charge is -2.01. The van der Waals surface area contributed by atoms with Crippen molar-refractivity contribution in [3.05, 3.63) is 10.1 Å². The summed E-state index contributed by atoms with van der Waals surface area (Å²) in [6.07, 6.45) is -0.718. The molecule has 0 rings (SSSR count). The van der Waals surface area contributed by atoms with Crippen LogP contribution in [0.15, 0.2) is 0 Å². The van der Waals surface area contributed by atoms with Gasteiger partial charge in [-0.1, -0.05) is 0 Å². The molecule has 0 amide bonds. The minimum Gasteiger partial charge on any atom is -0.394 e. The van der Waals surface area contributed by atoms with Crippen molar-refractivity contribution in [2.45, 2.75) is 13.0 Å². The Morgan fingerprint density at radius 3 is 2.62 bits per heavy atom. The van der Waals surface area contributed by atoms with E-state index in [1.807, 2.05) is 0 Å². The molecule has 0 heterocycles. The largest absolute Gasteiger partial charge is 0.394 e. The van der Waals surface area contributed by atoms with Crippen LogP contribution in [0.4, 0.5) is 0 Å². The van der Waals surface area contributed by atoms with E-state index in [0.717, 1.165) is 0 Å². The van der Waals surface area contributed by atoms with E-state index in [1.54, 1.807) is 0 Å². The van der Waals surface area contributed by atoms with Crippen molar-refractivity contribution in [1.82, 2.24) is 0 Å². The Kier molecular flexibility index (Phi) is 2.86. The van der Waals surface area contributed by atoms with Crippen molar-refractivity contribution in [2.75, 3.05) is 6.61 Å². The Labute approximate surface area is 46.0 Å². The van der Waals surface area contributed by atoms with Crippen LogP contribution >= 0.6 is 0 Å². The molecule has 0 aromatic rings. The maximum atomic E-state index is 9.44. The van der Waals surface area contributed by atoms with Gasteiger partial charge in [0.05, 0.1) is 6.61 Å². The molecule has 0 aliphatic heterocycles. The number of nitrogens with zero attached hydrogens (tertiary/aromatic N) is 1. The summed E-state index contributed by atoms with van der Waals surface area (Å²) in [6, 6.07) is 0. The summed E-state index contributed by atoms with van der Waals surface area (Å²) >= 11 is 0. The lowest BCUT2D eigenvalue weighted by molar-refractivity contribution is -0.768. The van der Waals surface area contributed by atoms with Crippen molar-refractivity contribution in [3.63, 3.8) is 0 Å². The number of rotatable bonds is 3. The summed E-state index contributed by atoms with van der Waals surface area (Å²) in [4.78, 5) is 13.3. The summed E-state index contributed by atoms with van der Waals surface area (Å²) < 4.78 is 0. The molecule has 0 unspecified atom stereocenters. The topological polar surface area (TPSA) is 72.6 Å². The zero-order valence-corrected chi connectivity index (χ0v) is 4.40. The Morgan fingerprint density at radius 1 is 2.00 bits per heavy atom. The molecule has 0 spiro atoms. The van der Waals surface area contributed by atoms with Crippen LogP contribution in [0.5, 0.6) is 0 Å². The second-order valence-electron chi connectivity index (χ2n) is 1.32. The molecule has 0 aromatic heterocycles. The first-order chi connectivity index (χ1) is 3.66. The highest BCUT2D eigenvalue weighted by atomic mass is 17.0. The Hall–Kier alpha value is -0.840. The Balaban J connectivity index is 3.24. The SMILES string of the molecule is C[C@@H](CO)O[N+](=O)[O-]. The summed E-state index contributed by atoms with van der Waals surface area (Å²) in [5.41, 5.74) is 0. The molecule has 0 fully saturated rings. The molecule has 0 bridgehead atoms. The molecule has 1 N–H and O–H groups in total. The second kappa shape index (κ2) is 3.20. The van der Waals surface area contributed by atoms with Gasteiger partial charge in [-0.15, -0.1) is 10.1 Å². The maximum Gasteiger partial charge on any atom is 0.294 e. The van der Waals surface area contributed by atoms with Crippen molar-refractivity contribution >= 4 is 0 Å². The average molecular weight is 121 g/mol. The van der Waals surface area contributed by atoms with E-state index in [4.69, 9.17) is 5.11 Å². The van der Waals surface area contributed by atoms with Crippen LogP contribution in [0.25, 0.3) is 0 Å². The molecule has 5 heteroatoms. The molecular weight excluding hydrogens is 114 g/mol. The number of aliphatic hydroxyl groups excluding tert-OH is 1. The van der Waals surface area contributed by atoms with E-state index in [0.29, 0.717) is 0 Å². The molecule has 8 heavy (non-hydrogen) atoms. The van der Waals surface area contributed by atoms with E-state index >= 15 is 0 Å². The summed E-state index contributed by atoms with van der Waals surface area (Å²) in [5.74, 6) is 0. The van der Waals surface area contributed by atoms with Crippen molar-refractivity contribution in [2.24, 2.45) is 0 Å².